The third-order valence-electron chi connectivity index (χ3n) is 13.7. The normalized spacial score (nSPS) is 12.7. The number of nitrogens with two attached hydrogens (primary N) is 1. The van der Waals surface area contributed by atoms with E-state index in [2.05, 4.69) is 84.5 Å². The number of nitrogens with zero attached hydrogens (tertiary/aromatic N) is 14. The zero-order chi connectivity index (χ0) is 58.3. The number of carboxylic acids is 1. The summed E-state index contributed by atoms with van der Waals surface area (Å²) in [5.41, 5.74) is 14.3. The first-order valence-corrected chi connectivity index (χ1v) is 26.0. The lowest BCUT2D eigenvalue weighted by Crippen LogP contribution is -2.08. The summed E-state index contributed by atoms with van der Waals surface area (Å²) >= 11 is 0. The molecule has 2 aliphatic rings. The van der Waals surface area contributed by atoms with E-state index in [1.54, 1.807) is 23.0 Å². The van der Waals surface area contributed by atoms with Gasteiger partial charge in [0.25, 0.3) is 0 Å². The summed E-state index contributed by atoms with van der Waals surface area (Å²) in [6.07, 6.45) is 21.8. The summed E-state index contributed by atoms with van der Waals surface area (Å²) in [5, 5.41) is 24.4. The van der Waals surface area contributed by atoms with E-state index in [0.717, 1.165) is 22.7 Å². The van der Waals surface area contributed by atoms with Gasteiger partial charge in [0.05, 0.1) is 65.3 Å². The Morgan fingerprint density at radius 3 is 1.46 bits per heavy atom. The maximum Gasteiger partial charge on any atom is 0.376 e. The number of aromatic nitrogens is 14. The van der Waals surface area contributed by atoms with E-state index in [1.165, 1.54) is 113 Å². The topological polar surface area (TPSA) is 299 Å². The molecule has 424 valence electrons. The largest absolute Gasteiger partial charge is 0.494 e. The van der Waals surface area contributed by atoms with Crippen molar-refractivity contribution < 1.29 is 52.0 Å². The molecular formula is C57H53F2N15O9. The molecule has 0 radical (unpaired) electrons. The van der Waals surface area contributed by atoms with Gasteiger partial charge in [0.15, 0.2) is 34.6 Å². The third-order valence-corrected chi connectivity index (χ3v) is 13.7. The molecule has 2 saturated carbocycles. The second-order valence-electron chi connectivity index (χ2n) is 19.3. The summed E-state index contributed by atoms with van der Waals surface area (Å²) in [6, 6.07) is 14.6. The zero-order valence-electron chi connectivity index (χ0n) is 45.2. The number of hydrogen-bond acceptors (Lipinski definition) is 19. The monoisotopic (exact) mass is 1130 g/mol. The highest BCUT2D eigenvalue weighted by Gasteiger charge is 2.26. The first kappa shape index (κ1) is 56.1. The van der Waals surface area contributed by atoms with E-state index < -0.39 is 29.5 Å². The molecule has 2 aliphatic carbocycles. The van der Waals surface area contributed by atoms with Crippen LogP contribution in [0.15, 0.2) is 110 Å². The number of rotatable bonds is 18. The Morgan fingerprint density at radius 1 is 0.590 bits per heavy atom. The number of esters is 2. The van der Waals surface area contributed by atoms with Crippen LogP contribution in [0.5, 0.6) is 11.5 Å². The number of hydrogen-bond donors (Lipinski definition) is 2. The van der Waals surface area contributed by atoms with Crippen LogP contribution in [0.2, 0.25) is 0 Å². The fourth-order valence-corrected chi connectivity index (χ4v) is 9.09. The molecule has 0 saturated heterocycles. The van der Waals surface area contributed by atoms with Gasteiger partial charge in [-0.25, -0.2) is 62.4 Å². The van der Waals surface area contributed by atoms with E-state index in [0.29, 0.717) is 52.7 Å². The molecule has 0 spiro atoms. The number of Topliss-reactive ketones (excluding diaryl/α,β-unsaturated/α-hetero) is 1. The Balaban J connectivity index is 0.000000154. The molecule has 0 aliphatic heterocycles. The lowest BCUT2D eigenvalue weighted by molar-refractivity contribution is 0.0578. The number of halogens is 2. The van der Waals surface area contributed by atoms with Gasteiger partial charge in [-0.2, -0.15) is 0 Å². The fourth-order valence-electron chi connectivity index (χ4n) is 9.09. The standard InChI is InChI=1S/C29H26FN7O4.C14H14FN3O3.C14H13N5O2/c1-40-25-9-7-21(19-11-31-28(32-12-19)29(39)41-2)22(27(25)30)6-8-24(38)23-16-37(35-34-23)15-20-14-36-13-18(17-3-4-17)5-10-26(36)33-20;1-20-11-4-3-9(10(5-16)12(11)15)8-6-17-13(18-7-8)14(19)21-2;20-14(21)12-8-19(17-16-12)7-11-6-18-5-10(9-1-2-9)3-4-13(18)15-11/h5,7,9-14,16-17H,3-4,6,8,15H2,1-2H3;3-4,6-7H,5,16H2,1-2H3;3-6,8-9H,1-2,7H2,(H,20,21). The molecule has 26 heteroatoms. The van der Waals surface area contributed by atoms with Crippen molar-refractivity contribution in [2.45, 2.75) is 70.0 Å². The van der Waals surface area contributed by atoms with Crippen molar-refractivity contribution in [3.05, 3.63) is 179 Å². The number of ketones is 1. The molecule has 8 aromatic heterocycles. The molecule has 0 bridgehead atoms. The summed E-state index contributed by atoms with van der Waals surface area (Å²) in [5.74, 6) is -2.45. The Bertz CT molecular complexity index is 4020. The van der Waals surface area contributed by atoms with Gasteiger partial charge in [0.2, 0.25) is 11.6 Å². The van der Waals surface area contributed by atoms with Crippen LogP contribution in [0.25, 0.3) is 33.5 Å². The van der Waals surface area contributed by atoms with Crippen LogP contribution in [-0.4, -0.2) is 126 Å². The molecule has 10 aromatic rings. The Morgan fingerprint density at radius 2 is 1.04 bits per heavy atom. The van der Waals surface area contributed by atoms with Crippen molar-refractivity contribution in [3.63, 3.8) is 0 Å². The highest BCUT2D eigenvalue weighted by molar-refractivity contribution is 5.94. The van der Waals surface area contributed by atoms with E-state index in [1.807, 2.05) is 33.3 Å². The predicted molar refractivity (Wildman–Crippen MR) is 291 cm³/mol. The Labute approximate surface area is 470 Å². The second kappa shape index (κ2) is 24.6. The van der Waals surface area contributed by atoms with E-state index in [9.17, 15) is 23.6 Å². The van der Waals surface area contributed by atoms with E-state index in [4.69, 9.17) is 20.3 Å². The smallest absolute Gasteiger partial charge is 0.376 e. The van der Waals surface area contributed by atoms with Gasteiger partial charge in [0.1, 0.15) is 17.0 Å². The second-order valence-corrected chi connectivity index (χ2v) is 19.3. The zero-order valence-corrected chi connectivity index (χ0v) is 45.2. The van der Waals surface area contributed by atoms with Crippen molar-refractivity contribution in [1.82, 2.24) is 68.7 Å². The van der Waals surface area contributed by atoms with Gasteiger partial charge < -0.3 is 38.6 Å². The molecule has 83 heavy (non-hydrogen) atoms. The number of carbonyl (C=O) groups is 4. The minimum atomic E-state index is -1.08. The van der Waals surface area contributed by atoms with Gasteiger partial charge in [-0.15, -0.1) is 10.2 Å². The van der Waals surface area contributed by atoms with Crippen molar-refractivity contribution in [2.24, 2.45) is 5.73 Å². The number of carbonyl (C=O) groups excluding carboxylic acids is 3. The Kier molecular flexibility index (Phi) is 16.6. The molecule has 3 N–H and O–H groups in total. The average molecular weight is 1130 g/mol. The van der Waals surface area contributed by atoms with Crippen molar-refractivity contribution >= 4 is 35.0 Å². The van der Waals surface area contributed by atoms with Crippen molar-refractivity contribution in [3.8, 4) is 33.8 Å². The molecule has 8 heterocycles. The number of pyridine rings is 2. The molecule has 2 aromatic carbocycles. The van der Waals surface area contributed by atoms with Crippen LogP contribution in [-0.2, 0) is 35.5 Å². The van der Waals surface area contributed by atoms with Crippen LogP contribution >= 0.6 is 0 Å². The van der Waals surface area contributed by atoms with Crippen LogP contribution in [0, 0.1) is 11.6 Å². The molecule has 0 amide bonds. The number of aromatic carboxylic acids is 1. The number of imidazole rings is 2. The molecule has 0 atom stereocenters. The van der Waals surface area contributed by atoms with Crippen molar-refractivity contribution in [1.29, 1.82) is 0 Å². The summed E-state index contributed by atoms with van der Waals surface area (Å²) in [6.45, 7) is 0.759. The molecule has 0 unspecified atom stereocenters. The quantitative estimate of drug-likeness (QED) is 0.0637. The molecular weight excluding hydrogens is 1080 g/mol. The van der Waals surface area contributed by atoms with Gasteiger partial charge in [-0.05, 0) is 90.5 Å². The summed E-state index contributed by atoms with van der Waals surface area (Å²) in [7, 11) is 5.22. The number of methoxy groups -OCH3 is 4. The number of carboxylic acid groups (broad SMARTS) is 1. The highest BCUT2D eigenvalue weighted by Crippen LogP contribution is 2.41. The van der Waals surface area contributed by atoms with E-state index >= 15 is 4.39 Å². The minimum absolute atomic E-state index is 0.00286. The number of benzene rings is 2. The van der Waals surface area contributed by atoms with E-state index in [-0.39, 0.29) is 65.3 Å². The van der Waals surface area contributed by atoms with Crippen molar-refractivity contribution in [2.75, 3.05) is 28.4 Å². The van der Waals surface area contributed by atoms with Gasteiger partial charge in [0, 0.05) is 84.8 Å². The lowest BCUT2D eigenvalue weighted by atomic mass is 9.96. The van der Waals surface area contributed by atoms with Crippen LogP contribution < -0.4 is 15.2 Å². The summed E-state index contributed by atoms with van der Waals surface area (Å²) in [4.78, 5) is 71.7. The highest BCUT2D eigenvalue weighted by atomic mass is 19.1. The fraction of sp³-hybridized carbons (Fsp3) is 0.263. The van der Waals surface area contributed by atoms with Crippen LogP contribution in [0.3, 0.4) is 0 Å². The maximum atomic E-state index is 15.3. The average Bonchev–Trinajstić information content (AvgIpc) is 4.44. The maximum absolute atomic E-state index is 15.3. The van der Waals surface area contributed by atoms with Gasteiger partial charge in [-0.3, -0.25) is 4.79 Å². The lowest BCUT2D eigenvalue weighted by Gasteiger charge is -2.13. The summed E-state index contributed by atoms with van der Waals surface area (Å²) < 4.78 is 55.8. The molecule has 12 rings (SSSR count). The first-order chi connectivity index (χ1) is 40.2. The van der Waals surface area contributed by atoms with Crippen LogP contribution in [0.4, 0.5) is 8.78 Å². The van der Waals surface area contributed by atoms with Crippen LogP contribution in [0.1, 0.15) is 120 Å². The predicted octanol–water partition coefficient (Wildman–Crippen LogP) is 7.14. The molecule has 2 fully saturated rings. The number of ether oxygens (including phenoxy) is 4. The Hall–Kier alpha value is -10.2. The third kappa shape index (κ3) is 12.9. The minimum Gasteiger partial charge on any atom is -0.494 e. The van der Waals surface area contributed by atoms with Gasteiger partial charge in [-0.1, -0.05) is 34.7 Å². The first-order valence-electron chi connectivity index (χ1n) is 26.0. The van der Waals surface area contributed by atoms with Gasteiger partial charge >= 0.3 is 17.9 Å². The molecule has 24 nitrogen and oxygen atoms in total. The number of fused-ring (bicyclic) bond motifs is 2. The SMILES string of the molecule is COC(=O)c1ncc(-c2ccc(OC)c(F)c2CCC(=O)c2cn(Cc3cn4cc(C5CC5)ccc4n3)nn2)cn1.COC(=O)c1ncc(-c2ccc(OC)c(F)c2CN)cn1.O=C(O)c1cn(Cc2cn3cc(C4CC4)ccc3n2)nn1.